The first-order valence-corrected chi connectivity index (χ1v) is 6.61. The minimum absolute atomic E-state index is 0.0675. The summed E-state index contributed by atoms with van der Waals surface area (Å²) in [5, 5.41) is 0. The Balaban J connectivity index is 2.45. The van der Waals surface area contributed by atoms with E-state index in [0.717, 1.165) is 16.9 Å². The van der Waals surface area contributed by atoms with E-state index in [1.807, 2.05) is 26.0 Å². The first-order chi connectivity index (χ1) is 9.97. The van der Waals surface area contributed by atoms with E-state index in [-0.39, 0.29) is 5.78 Å². The van der Waals surface area contributed by atoms with Crippen LogP contribution in [0.25, 0.3) is 0 Å². The molecule has 4 nitrogen and oxygen atoms in total. The van der Waals surface area contributed by atoms with Crippen molar-refractivity contribution < 1.29 is 14.3 Å². The van der Waals surface area contributed by atoms with E-state index in [1.54, 1.807) is 25.3 Å². The quantitative estimate of drug-likeness (QED) is 0.692. The van der Waals surface area contributed by atoms with Gasteiger partial charge in [0.25, 0.3) is 0 Å². The van der Waals surface area contributed by atoms with E-state index in [0.29, 0.717) is 22.6 Å². The zero-order valence-corrected chi connectivity index (χ0v) is 12.7. The molecule has 0 radical (unpaired) electrons. The van der Waals surface area contributed by atoms with Crippen molar-refractivity contribution in [1.82, 2.24) is 0 Å². The highest BCUT2D eigenvalue weighted by Crippen LogP contribution is 2.27. The Morgan fingerprint density at radius 3 is 2.10 bits per heavy atom. The summed E-state index contributed by atoms with van der Waals surface area (Å²) in [5.41, 5.74) is 9.32. The number of hydrogen-bond donors (Lipinski definition) is 1. The number of nitrogen functional groups attached to an aromatic ring is 1. The minimum Gasteiger partial charge on any atom is -0.496 e. The number of anilines is 1. The number of rotatable bonds is 4. The molecule has 2 rings (SSSR count). The Kier molecular flexibility index (Phi) is 4.17. The predicted octanol–water partition coefficient (Wildman–Crippen LogP) is 3.13. The highest BCUT2D eigenvalue weighted by Gasteiger charge is 2.14. The second-order valence-electron chi connectivity index (χ2n) is 4.93. The first kappa shape index (κ1) is 14.9. The molecule has 4 heteroatoms. The Morgan fingerprint density at radius 2 is 1.57 bits per heavy atom. The molecule has 2 N–H and O–H groups in total. The van der Waals surface area contributed by atoms with Gasteiger partial charge in [-0.05, 0) is 55.3 Å². The van der Waals surface area contributed by atoms with Crippen LogP contribution in [0, 0.1) is 13.8 Å². The predicted molar refractivity (Wildman–Crippen MR) is 83.3 cm³/mol. The fraction of sp³-hybridized carbons (Fsp3) is 0.235. The Hall–Kier alpha value is -2.49. The van der Waals surface area contributed by atoms with Gasteiger partial charge in [-0.15, -0.1) is 0 Å². The molecular weight excluding hydrogens is 266 g/mol. The van der Waals surface area contributed by atoms with Crippen LogP contribution < -0.4 is 15.2 Å². The zero-order valence-electron chi connectivity index (χ0n) is 12.7. The number of nitrogens with two attached hydrogens (primary N) is 1. The second kappa shape index (κ2) is 5.87. The third kappa shape index (κ3) is 2.84. The maximum atomic E-state index is 12.6. The van der Waals surface area contributed by atoms with Gasteiger partial charge in [-0.25, -0.2) is 0 Å². The lowest BCUT2D eigenvalue weighted by Gasteiger charge is -2.11. The summed E-state index contributed by atoms with van der Waals surface area (Å²) < 4.78 is 10.5. The molecule has 0 heterocycles. The van der Waals surface area contributed by atoms with Gasteiger partial charge in [0, 0.05) is 11.1 Å². The molecule has 2 aromatic carbocycles. The molecule has 0 spiro atoms. The van der Waals surface area contributed by atoms with Crippen molar-refractivity contribution in [3.05, 3.63) is 52.6 Å². The van der Waals surface area contributed by atoms with Crippen molar-refractivity contribution in [2.45, 2.75) is 13.8 Å². The molecule has 0 aromatic heterocycles. The van der Waals surface area contributed by atoms with Crippen LogP contribution in [0.4, 0.5) is 5.69 Å². The van der Waals surface area contributed by atoms with E-state index in [9.17, 15) is 4.79 Å². The van der Waals surface area contributed by atoms with Gasteiger partial charge in [0.05, 0.1) is 19.9 Å². The monoisotopic (exact) mass is 285 g/mol. The van der Waals surface area contributed by atoms with Crippen LogP contribution in [-0.4, -0.2) is 20.0 Å². The number of aryl methyl sites for hydroxylation is 2. The normalized spacial score (nSPS) is 10.3. The van der Waals surface area contributed by atoms with Gasteiger partial charge in [-0.3, -0.25) is 4.79 Å². The molecule has 110 valence electrons. The molecule has 0 fully saturated rings. The Bertz CT molecular complexity index is 669. The molecule has 0 unspecified atom stereocenters. The summed E-state index contributed by atoms with van der Waals surface area (Å²) >= 11 is 0. The van der Waals surface area contributed by atoms with Gasteiger partial charge in [0.2, 0.25) is 0 Å². The third-order valence-corrected chi connectivity index (χ3v) is 3.42. The molecule has 0 saturated heterocycles. The van der Waals surface area contributed by atoms with Crippen LogP contribution in [0.2, 0.25) is 0 Å². The molecule has 0 aliphatic heterocycles. The fourth-order valence-corrected chi connectivity index (χ4v) is 2.42. The Labute approximate surface area is 124 Å². The summed E-state index contributed by atoms with van der Waals surface area (Å²) in [6.45, 7) is 3.85. The minimum atomic E-state index is -0.0675. The number of carbonyl (C=O) groups is 1. The van der Waals surface area contributed by atoms with Crippen molar-refractivity contribution in [2.75, 3.05) is 20.0 Å². The maximum absolute atomic E-state index is 12.6. The third-order valence-electron chi connectivity index (χ3n) is 3.42. The van der Waals surface area contributed by atoms with Crippen molar-refractivity contribution >= 4 is 11.5 Å². The largest absolute Gasteiger partial charge is 0.496 e. The van der Waals surface area contributed by atoms with Crippen LogP contribution in [-0.2, 0) is 0 Å². The highest BCUT2D eigenvalue weighted by molar-refractivity contribution is 6.09. The summed E-state index contributed by atoms with van der Waals surface area (Å²) in [7, 11) is 3.16. The molecule has 0 saturated carbocycles. The van der Waals surface area contributed by atoms with E-state index < -0.39 is 0 Å². The summed E-state index contributed by atoms with van der Waals surface area (Å²) in [5.74, 6) is 1.24. The molecular formula is C17H19NO3. The standard InChI is InChI=1S/C17H19NO3/c1-10-7-13(8-11(2)17(10)21-4)16(19)12-5-6-14(18)15(9-12)20-3/h5-9H,18H2,1-4H3. The van der Waals surface area contributed by atoms with Crippen LogP contribution >= 0.6 is 0 Å². The molecule has 0 aliphatic carbocycles. The number of ether oxygens (including phenoxy) is 2. The molecule has 0 atom stereocenters. The average Bonchev–Trinajstić information content (AvgIpc) is 2.46. The first-order valence-electron chi connectivity index (χ1n) is 6.61. The van der Waals surface area contributed by atoms with Crippen molar-refractivity contribution in [3.63, 3.8) is 0 Å². The van der Waals surface area contributed by atoms with E-state index in [2.05, 4.69) is 0 Å². The van der Waals surface area contributed by atoms with E-state index in [4.69, 9.17) is 15.2 Å². The van der Waals surface area contributed by atoms with Gasteiger partial charge >= 0.3 is 0 Å². The fourth-order valence-electron chi connectivity index (χ4n) is 2.42. The van der Waals surface area contributed by atoms with Gasteiger partial charge in [-0.2, -0.15) is 0 Å². The number of carbonyl (C=O) groups excluding carboxylic acids is 1. The molecule has 0 aliphatic rings. The summed E-state index contributed by atoms with van der Waals surface area (Å²) in [6.07, 6.45) is 0. The van der Waals surface area contributed by atoms with Gasteiger partial charge in [0.15, 0.2) is 5.78 Å². The van der Waals surface area contributed by atoms with Gasteiger partial charge < -0.3 is 15.2 Å². The van der Waals surface area contributed by atoms with Crippen LogP contribution in [0.5, 0.6) is 11.5 Å². The van der Waals surface area contributed by atoms with Gasteiger partial charge in [-0.1, -0.05) is 0 Å². The summed E-state index contributed by atoms with van der Waals surface area (Å²) in [6, 6.07) is 8.70. The highest BCUT2D eigenvalue weighted by atomic mass is 16.5. The lowest BCUT2D eigenvalue weighted by atomic mass is 9.98. The van der Waals surface area contributed by atoms with Crippen molar-refractivity contribution in [2.24, 2.45) is 0 Å². The van der Waals surface area contributed by atoms with E-state index in [1.165, 1.54) is 7.11 Å². The summed E-state index contributed by atoms with van der Waals surface area (Å²) in [4.78, 5) is 12.6. The number of hydrogen-bond acceptors (Lipinski definition) is 4. The topological polar surface area (TPSA) is 61.5 Å². The van der Waals surface area contributed by atoms with Crippen molar-refractivity contribution in [3.8, 4) is 11.5 Å². The lowest BCUT2D eigenvalue weighted by molar-refractivity contribution is 0.103. The SMILES string of the molecule is COc1cc(C(=O)c2cc(C)c(OC)c(C)c2)ccc1N. The van der Waals surface area contributed by atoms with E-state index >= 15 is 0 Å². The zero-order chi connectivity index (χ0) is 15.6. The number of benzene rings is 2. The van der Waals surface area contributed by atoms with Crippen LogP contribution in [0.1, 0.15) is 27.0 Å². The smallest absolute Gasteiger partial charge is 0.193 e. The average molecular weight is 285 g/mol. The number of ketones is 1. The second-order valence-corrected chi connectivity index (χ2v) is 4.93. The van der Waals surface area contributed by atoms with Crippen molar-refractivity contribution in [1.29, 1.82) is 0 Å². The Morgan fingerprint density at radius 1 is 0.952 bits per heavy atom. The molecule has 21 heavy (non-hydrogen) atoms. The van der Waals surface area contributed by atoms with Crippen LogP contribution in [0.3, 0.4) is 0 Å². The molecule has 2 aromatic rings. The molecule has 0 bridgehead atoms. The lowest BCUT2D eigenvalue weighted by Crippen LogP contribution is -2.05. The van der Waals surface area contributed by atoms with Crippen LogP contribution in [0.15, 0.2) is 30.3 Å². The van der Waals surface area contributed by atoms with Gasteiger partial charge in [0.1, 0.15) is 11.5 Å². The molecule has 0 amide bonds. The maximum Gasteiger partial charge on any atom is 0.193 e. The number of methoxy groups -OCH3 is 2.